The zero-order valence-electron chi connectivity index (χ0n) is 14.0. The topological polar surface area (TPSA) is 91.8 Å². The molecule has 1 aliphatic carbocycles. The number of nitrogens with zero attached hydrogens (tertiary/aromatic N) is 2. The highest BCUT2D eigenvalue weighted by molar-refractivity contribution is 5.80. The maximum Gasteiger partial charge on any atom is 0.317 e. The number of rotatable bonds is 4. The molecule has 0 spiro atoms. The second kappa shape index (κ2) is 6.30. The molecule has 1 aromatic heterocycles. The molecule has 1 saturated carbocycles. The van der Waals surface area contributed by atoms with E-state index in [4.69, 9.17) is 4.74 Å². The third-order valence-corrected chi connectivity index (χ3v) is 5.43. The van der Waals surface area contributed by atoms with Gasteiger partial charge in [0.15, 0.2) is 0 Å². The molecule has 2 fully saturated rings. The van der Waals surface area contributed by atoms with Crippen LogP contribution >= 0.6 is 0 Å². The Kier molecular flexibility index (Phi) is 4.34. The number of likely N-dealkylation sites (tertiary alicyclic amines) is 1. The number of aliphatic carboxylic acids is 1. The minimum Gasteiger partial charge on any atom is -0.495 e. The van der Waals surface area contributed by atoms with Crippen LogP contribution in [0.1, 0.15) is 37.8 Å². The van der Waals surface area contributed by atoms with Gasteiger partial charge in [-0.15, -0.1) is 0 Å². The molecule has 3 atom stereocenters. The molecular weight excluding hydrogens is 310 g/mol. The van der Waals surface area contributed by atoms with Crippen LogP contribution < -0.4 is 10.1 Å². The molecule has 24 heavy (non-hydrogen) atoms. The van der Waals surface area contributed by atoms with Crippen molar-refractivity contribution >= 4 is 12.0 Å². The molecule has 1 saturated heterocycles. The number of aromatic nitrogens is 1. The van der Waals surface area contributed by atoms with Crippen molar-refractivity contribution < 1.29 is 19.4 Å². The maximum absolute atomic E-state index is 12.6. The second-order valence-electron chi connectivity index (χ2n) is 6.72. The number of pyridine rings is 1. The Morgan fingerprint density at radius 2 is 2.33 bits per heavy atom. The van der Waals surface area contributed by atoms with Crippen molar-refractivity contribution in [1.82, 2.24) is 15.2 Å². The van der Waals surface area contributed by atoms with Gasteiger partial charge in [-0.3, -0.25) is 9.78 Å². The van der Waals surface area contributed by atoms with E-state index in [9.17, 15) is 14.7 Å². The molecule has 1 aliphatic heterocycles. The number of hydrogen-bond acceptors (Lipinski definition) is 4. The molecule has 7 nitrogen and oxygen atoms in total. The summed E-state index contributed by atoms with van der Waals surface area (Å²) in [7, 11) is 1.56. The molecule has 130 valence electrons. The summed E-state index contributed by atoms with van der Waals surface area (Å²) in [6.07, 6.45) is 5.73. The fourth-order valence-electron chi connectivity index (χ4n) is 4.07. The van der Waals surface area contributed by atoms with Gasteiger partial charge in [-0.25, -0.2) is 4.79 Å². The number of carboxylic acids is 1. The molecule has 2 aliphatic rings. The third-order valence-electron chi connectivity index (χ3n) is 5.43. The molecule has 1 unspecified atom stereocenters. The first-order valence-electron chi connectivity index (χ1n) is 8.24. The number of nitrogens with one attached hydrogen (secondary N) is 1. The predicted molar refractivity (Wildman–Crippen MR) is 86.7 cm³/mol. The molecule has 7 heteroatoms. The van der Waals surface area contributed by atoms with Gasteiger partial charge in [0, 0.05) is 24.8 Å². The van der Waals surface area contributed by atoms with Crippen LogP contribution in [-0.2, 0) is 4.79 Å². The first-order valence-corrected chi connectivity index (χ1v) is 8.24. The van der Waals surface area contributed by atoms with Gasteiger partial charge in [-0.2, -0.15) is 0 Å². The van der Waals surface area contributed by atoms with Crippen LogP contribution in [0.3, 0.4) is 0 Å². The largest absolute Gasteiger partial charge is 0.495 e. The van der Waals surface area contributed by atoms with Gasteiger partial charge in [0.1, 0.15) is 5.75 Å². The first-order chi connectivity index (χ1) is 11.5. The van der Waals surface area contributed by atoms with Gasteiger partial charge in [0.2, 0.25) is 0 Å². The lowest BCUT2D eigenvalue weighted by Crippen LogP contribution is -2.42. The van der Waals surface area contributed by atoms with Gasteiger partial charge in [0.05, 0.1) is 24.8 Å². The zero-order valence-corrected chi connectivity index (χ0v) is 14.0. The van der Waals surface area contributed by atoms with Gasteiger partial charge < -0.3 is 20.1 Å². The Morgan fingerprint density at radius 3 is 3.00 bits per heavy atom. The summed E-state index contributed by atoms with van der Waals surface area (Å²) < 4.78 is 5.28. The maximum atomic E-state index is 12.6. The first kappa shape index (κ1) is 16.5. The highest BCUT2D eigenvalue weighted by Crippen LogP contribution is 2.48. The van der Waals surface area contributed by atoms with Crippen LogP contribution in [0.25, 0.3) is 0 Å². The van der Waals surface area contributed by atoms with Crippen molar-refractivity contribution in [3.8, 4) is 5.75 Å². The summed E-state index contributed by atoms with van der Waals surface area (Å²) >= 11 is 0. The number of carbonyl (C=O) groups is 2. The van der Waals surface area contributed by atoms with Gasteiger partial charge in [0.25, 0.3) is 0 Å². The Morgan fingerprint density at radius 1 is 1.54 bits per heavy atom. The summed E-state index contributed by atoms with van der Waals surface area (Å²) in [6, 6.07) is 1.33. The van der Waals surface area contributed by atoms with Crippen molar-refractivity contribution in [2.45, 2.75) is 32.2 Å². The Hall–Kier alpha value is -2.31. The number of hydrogen-bond donors (Lipinski definition) is 2. The van der Waals surface area contributed by atoms with E-state index >= 15 is 0 Å². The molecule has 2 N–H and O–H groups in total. The van der Waals surface area contributed by atoms with Gasteiger partial charge in [-0.1, -0.05) is 6.42 Å². The number of fused-ring (bicyclic) bond motifs is 1. The summed E-state index contributed by atoms with van der Waals surface area (Å²) in [4.78, 5) is 30.0. The van der Waals surface area contributed by atoms with Gasteiger partial charge in [-0.05, 0) is 31.7 Å². The minimum atomic E-state index is -0.774. The molecule has 0 radical (unpaired) electrons. The number of carboxylic acid groups (broad SMARTS) is 1. The van der Waals surface area contributed by atoms with E-state index in [2.05, 4.69) is 10.3 Å². The average Bonchev–Trinajstić information content (AvgIpc) is 3.13. The van der Waals surface area contributed by atoms with Crippen LogP contribution in [0.4, 0.5) is 4.79 Å². The average molecular weight is 333 g/mol. The highest BCUT2D eigenvalue weighted by atomic mass is 16.5. The number of carbonyl (C=O) groups excluding carboxylic acids is 1. The molecular formula is C17H23N3O4. The lowest BCUT2D eigenvalue weighted by Gasteiger charge is -2.25. The molecule has 3 rings (SSSR count). The smallest absolute Gasteiger partial charge is 0.317 e. The number of urea groups is 1. The van der Waals surface area contributed by atoms with Crippen LogP contribution in [0.15, 0.2) is 18.5 Å². The summed E-state index contributed by atoms with van der Waals surface area (Å²) in [5.74, 6) is -0.0960. The van der Waals surface area contributed by atoms with Crippen molar-refractivity contribution in [1.29, 1.82) is 0 Å². The fourth-order valence-corrected chi connectivity index (χ4v) is 4.07. The van der Waals surface area contributed by atoms with E-state index in [-0.39, 0.29) is 18.0 Å². The van der Waals surface area contributed by atoms with Crippen molar-refractivity contribution in [2.24, 2.45) is 11.3 Å². The Bertz CT molecular complexity index is 650. The van der Waals surface area contributed by atoms with Crippen LogP contribution in [0.2, 0.25) is 0 Å². The molecule has 2 heterocycles. The fraction of sp³-hybridized carbons (Fsp3) is 0.588. The van der Waals surface area contributed by atoms with Crippen LogP contribution in [-0.4, -0.2) is 47.2 Å². The van der Waals surface area contributed by atoms with Gasteiger partial charge >= 0.3 is 12.0 Å². The quantitative estimate of drug-likeness (QED) is 0.880. The Labute approximate surface area is 141 Å². The van der Waals surface area contributed by atoms with Crippen LogP contribution in [0, 0.1) is 11.3 Å². The molecule has 0 bridgehead atoms. The minimum absolute atomic E-state index is 0.0616. The van der Waals surface area contributed by atoms with Crippen molar-refractivity contribution in [3.63, 3.8) is 0 Å². The summed E-state index contributed by atoms with van der Waals surface area (Å²) in [5.41, 5.74) is 0.0859. The standard InChI is InChI=1S/C17H23N3O4/c1-11(13-5-7-18-8-14(13)24-2)19-16(23)20-9-12-4-3-6-17(12,10-20)15(21)22/h5,7-8,11-12H,3-4,6,9-10H2,1-2H3,(H,19,23)(H,21,22)/t11?,12-,17+/m0/s1. The van der Waals surface area contributed by atoms with Crippen molar-refractivity contribution in [3.05, 3.63) is 24.0 Å². The lowest BCUT2D eigenvalue weighted by atomic mass is 9.81. The van der Waals surface area contributed by atoms with E-state index in [0.29, 0.717) is 25.3 Å². The van der Waals surface area contributed by atoms with Crippen molar-refractivity contribution in [2.75, 3.05) is 20.2 Å². The van der Waals surface area contributed by atoms with E-state index in [1.807, 2.05) is 6.92 Å². The zero-order chi connectivity index (χ0) is 17.3. The van der Waals surface area contributed by atoms with E-state index < -0.39 is 11.4 Å². The molecule has 0 aromatic carbocycles. The number of amides is 2. The number of ether oxygens (including phenoxy) is 1. The number of methoxy groups -OCH3 is 1. The van der Waals surface area contributed by atoms with E-state index in [0.717, 1.165) is 18.4 Å². The second-order valence-corrected chi connectivity index (χ2v) is 6.72. The predicted octanol–water partition coefficient (Wildman–Crippen LogP) is 2.05. The normalized spacial score (nSPS) is 26.8. The summed E-state index contributed by atoms with van der Waals surface area (Å²) in [6.45, 7) is 2.68. The highest BCUT2D eigenvalue weighted by Gasteiger charge is 2.55. The van der Waals surface area contributed by atoms with Crippen LogP contribution in [0.5, 0.6) is 5.75 Å². The summed E-state index contributed by atoms with van der Waals surface area (Å²) in [5, 5.41) is 12.6. The Balaban J connectivity index is 1.69. The monoisotopic (exact) mass is 333 g/mol. The lowest BCUT2D eigenvalue weighted by molar-refractivity contribution is -0.149. The molecule has 1 aromatic rings. The van der Waals surface area contributed by atoms with E-state index in [1.54, 1.807) is 30.5 Å². The van der Waals surface area contributed by atoms with E-state index in [1.165, 1.54) is 0 Å². The molecule has 2 amide bonds. The SMILES string of the molecule is COc1cnccc1C(C)NC(=O)N1C[C@@H]2CCC[C@@]2(C(=O)O)C1. The third kappa shape index (κ3) is 2.68.